The van der Waals surface area contributed by atoms with Gasteiger partial charge in [-0.05, 0) is 85.2 Å². The summed E-state index contributed by atoms with van der Waals surface area (Å²) in [6, 6.07) is 18.2. The van der Waals surface area contributed by atoms with Crippen molar-refractivity contribution in [2.75, 3.05) is 36.2 Å². The van der Waals surface area contributed by atoms with Crippen LogP contribution in [0.3, 0.4) is 0 Å². The van der Waals surface area contributed by atoms with Gasteiger partial charge in [0.15, 0.2) is 0 Å². The van der Waals surface area contributed by atoms with Gasteiger partial charge in [0.2, 0.25) is 17.7 Å². The second-order valence-corrected chi connectivity index (χ2v) is 22.7. The van der Waals surface area contributed by atoms with E-state index in [9.17, 15) is 45.9 Å². The highest BCUT2D eigenvalue weighted by Crippen LogP contribution is 2.38. The molecule has 0 radical (unpaired) electrons. The Morgan fingerprint density at radius 1 is 0.974 bits per heavy atom. The highest BCUT2D eigenvalue weighted by Gasteiger charge is 2.44. The van der Waals surface area contributed by atoms with Crippen molar-refractivity contribution in [3.8, 4) is 33.2 Å². The SMILES string of the molecule is Cc1ncsc1-c1ccc(CNC(=O)[C@@H]2C[C@@H](O)CN2C(=O)C(NC(=O)CN2CCC(Oc3ccc(Nc4[nH]nc(-c5ccc(NS(=O)(=O)C(F)F)c(OC(C)c6ccc(F)cc6)c5)c4C(N)=O)nc3)CC2)C(C)(C)C)cc1. The maximum absolute atomic E-state index is 14.2. The molecule has 0 spiro atoms. The highest BCUT2D eigenvalue weighted by atomic mass is 32.2. The number of primary amides is 1. The minimum Gasteiger partial charge on any atom is -0.489 e. The summed E-state index contributed by atoms with van der Waals surface area (Å²) in [5.74, 6) is -5.82. The minimum absolute atomic E-state index is 0.00820. The maximum atomic E-state index is 14.2. The average Bonchev–Trinajstić information content (AvgIpc) is 4.18. The van der Waals surface area contributed by atoms with E-state index in [-0.39, 0.29) is 78.0 Å². The van der Waals surface area contributed by atoms with Crippen LogP contribution in [-0.2, 0) is 31.0 Å². The molecule has 20 nitrogen and oxygen atoms in total. The van der Waals surface area contributed by atoms with E-state index in [1.807, 2.05) is 61.6 Å². The molecule has 2 aliphatic heterocycles. The van der Waals surface area contributed by atoms with Gasteiger partial charge in [-0.3, -0.25) is 33.9 Å². The number of thiazole rings is 1. The van der Waals surface area contributed by atoms with Crippen molar-refractivity contribution in [2.24, 2.45) is 11.1 Å². The molecule has 2 saturated heterocycles. The Labute approximate surface area is 452 Å². The number of aromatic nitrogens is 4. The maximum Gasteiger partial charge on any atom is 0.355 e. The number of H-pyrrole nitrogens is 1. The zero-order valence-electron chi connectivity index (χ0n) is 43.3. The Balaban J connectivity index is 0.839. The van der Waals surface area contributed by atoms with Crippen molar-refractivity contribution in [3.05, 3.63) is 119 Å². The predicted molar refractivity (Wildman–Crippen MR) is 286 cm³/mol. The van der Waals surface area contributed by atoms with Gasteiger partial charge in [-0.2, -0.15) is 13.9 Å². The van der Waals surface area contributed by atoms with Gasteiger partial charge in [0.1, 0.15) is 64.5 Å². The fourth-order valence-corrected chi connectivity index (χ4v) is 10.5. The zero-order valence-corrected chi connectivity index (χ0v) is 44.9. The van der Waals surface area contributed by atoms with Crippen LogP contribution in [-0.4, -0.2) is 123 Å². The molecular weight excluding hydrogens is 1060 g/mol. The third-order valence-corrected chi connectivity index (χ3v) is 15.3. The topological polar surface area (TPSA) is 276 Å². The van der Waals surface area contributed by atoms with Crippen LogP contribution in [0.5, 0.6) is 11.5 Å². The van der Waals surface area contributed by atoms with E-state index in [4.69, 9.17) is 15.2 Å². The number of nitrogens with two attached hydrogens (primary N) is 1. The number of pyridine rings is 1. The average molecular weight is 1120 g/mol. The lowest BCUT2D eigenvalue weighted by molar-refractivity contribution is -0.144. The number of rotatable bonds is 20. The molecule has 8 rings (SSSR count). The Kier molecular flexibility index (Phi) is 17.4. The molecule has 8 N–H and O–H groups in total. The summed E-state index contributed by atoms with van der Waals surface area (Å²) in [7, 11) is -5.13. The summed E-state index contributed by atoms with van der Waals surface area (Å²) in [5.41, 5.74) is 9.95. The van der Waals surface area contributed by atoms with E-state index in [0.717, 1.165) is 21.7 Å². The van der Waals surface area contributed by atoms with E-state index in [2.05, 4.69) is 36.1 Å². The number of carbonyl (C=O) groups is 4. The molecule has 0 bridgehead atoms. The molecule has 2 fully saturated rings. The standard InChI is InChI=1S/C53H60F3N11O9S2/c1-29-46(77-28-60-29)33-8-6-31(7-9-33)24-59-50(71)40-23-36(68)26-67(40)51(72)47(53(3,4)5)62-43(69)27-66-20-18-37(19-21-66)76-38-15-17-42(58-25-38)61-49-44(48(57)70)45(63-64-49)34-12-16-39(65-78(73,74)52(55)56)41(22-34)75-30(2)32-10-13-35(54)14-11-32/h6-17,22,25,28,30,36-37,40,47,52,65,68H,18-21,23-24,26-27H2,1-5H3,(H2,57,70)(H,59,71)(H,62,69)(H2,58,61,63,64)/t30?,36-,40+,47?/m1/s1. The molecule has 6 aromatic rings. The first-order valence-electron chi connectivity index (χ1n) is 24.9. The summed E-state index contributed by atoms with van der Waals surface area (Å²) in [6.07, 6.45) is 0.749. The molecule has 3 aromatic heterocycles. The number of amides is 4. The number of hydrogen-bond acceptors (Lipinski definition) is 15. The summed E-state index contributed by atoms with van der Waals surface area (Å²) in [6.45, 7) is 10.3. The minimum atomic E-state index is -5.13. The van der Waals surface area contributed by atoms with Gasteiger partial charge in [-0.15, -0.1) is 11.3 Å². The van der Waals surface area contributed by atoms with E-state index in [0.29, 0.717) is 37.2 Å². The number of aryl methyl sites for hydroxylation is 1. The van der Waals surface area contributed by atoms with Gasteiger partial charge in [0.25, 0.3) is 15.9 Å². The first-order chi connectivity index (χ1) is 37.0. The van der Waals surface area contributed by atoms with E-state index in [1.165, 1.54) is 53.6 Å². The summed E-state index contributed by atoms with van der Waals surface area (Å²) < 4.78 is 78.8. The van der Waals surface area contributed by atoms with Crippen molar-refractivity contribution >= 4 is 62.3 Å². The van der Waals surface area contributed by atoms with Gasteiger partial charge in [0, 0.05) is 38.2 Å². The lowest BCUT2D eigenvalue weighted by Gasteiger charge is -2.36. The fraction of sp³-hybridized carbons (Fsp3) is 0.377. The van der Waals surface area contributed by atoms with Crippen molar-refractivity contribution < 1.29 is 55.3 Å². The number of likely N-dealkylation sites (tertiary alicyclic amines) is 2. The molecule has 3 aromatic carbocycles. The van der Waals surface area contributed by atoms with E-state index < -0.39 is 69.0 Å². The van der Waals surface area contributed by atoms with Crippen LogP contribution in [0.1, 0.15) is 80.2 Å². The number of β-amino-alcohol motifs (C(OH)–C–C–N with tert-alkyl or cyclic N) is 1. The Bertz CT molecular complexity index is 3220. The van der Waals surface area contributed by atoms with Crippen molar-refractivity contribution in [2.45, 2.75) is 96.6 Å². The number of halogens is 3. The van der Waals surface area contributed by atoms with Crippen LogP contribution in [0.4, 0.5) is 30.5 Å². The van der Waals surface area contributed by atoms with Crippen LogP contribution in [0.15, 0.2) is 90.6 Å². The predicted octanol–water partition coefficient (Wildman–Crippen LogP) is 6.64. The molecule has 414 valence electrons. The number of aliphatic hydroxyl groups is 1. The van der Waals surface area contributed by atoms with Crippen LogP contribution < -0.4 is 35.9 Å². The number of ether oxygens (including phenoxy) is 2. The largest absolute Gasteiger partial charge is 0.489 e. The molecule has 0 saturated carbocycles. The number of benzene rings is 3. The number of sulfonamides is 1. The number of hydrogen-bond donors (Lipinski definition) is 7. The first-order valence-corrected chi connectivity index (χ1v) is 27.4. The third-order valence-electron chi connectivity index (χ3n) is 13.3. The first kappa shape index (κ1) is 56.6. The van der Waals surface area contributed by atoms with E-state index in [1.54, 1.807) is 35.9 Å². The molecular formula is C53H60F3N11O9S2. The Morgan fingerprint density at radius 2 is 1.68 bits per heavy atom. The number of alkyl halides is 2. The van der Waals surface area contributed by atoms with Gasteiger partial charge >= 0.3 is 5.76 Å². The molecule has 5 heterocycles. The second-order valence-electron chi connectivity index (χ2n) is 20.2. The van der Waals surface area contributed by atoms with Crippen LogP contribution in [0.25, 0.3) is 21.7 Å². The Hall–Kier alpha value is -7.61. The summed E-state index contributed by atoms with van der Waals surface area (Å²) in [5, 5.41) is 26.5. The number of aromatic amines is 1. The van der Waals surface area contributed by atoms with Crippen LogP contribution >= 0.6 is 11.3 Å². The van der Waals surface area contributed by atoms with Gasteiger partial charge < -0.3 is 41.2 Å². The zero-order chi connectivity index (χ0) is 56.1. The lowest BCUT2D eigenvalue weighted by Crippen LogP contribution is -2.59. The number of aliphatic hydroxyl groups excluding tert-OH is 1. The van der Waals surface area contributed by atoms with Gasteiger partial charge in [-0.25, -0.2) is 22.8 Å². The molecule has 2 aliphatic rings. The monoisotopic (exact) mass is 1120 g/mol. The summed E-state index contributed by atoms with van der Waals surface area (Å²) >= 11 is 1.55. The van der Waals surface area contributed by atoms with Crippen molar-refractivity contribution in [3.63, 3.8) is 0 Å². The molecule has 25 heteroatoms. The summed E-state index contributed by atoms with van der Waals surface area (Å²) in [4.78, 5) is 67.4. The third kappa shape index (κ3) is 13.7. The second kappa shape index (κ2) is 24.0. The normalized spacial score (nSPS) is 17.1. The number of carbonyl (C=O) groups excluding carboxylic acids is 4. The molecule has 78 heavy (non-hydrogen) atoms. The number of piperidine rings is 1. The highest BCUT2D eigenvalue weighted by molar-refractivity contribution is 7.93. The quantitative estimate of drug-likeness (QED) is 0.0422. The van der Waals surface area contributed by atoms with Crippen molar-refractivity contribution in [1.29, 1.82) is 0 Å². The molecule has 0 aliphatic carbocycles. The van der Waals surface area contributed by atoms with Crippen LogP contribution in [0.2, 0.25) is 0 Å². The molecule has 2 unspecified atom stereocenters. The molecule has 4 amide bonds. The fourth-order valence-electron chi connectivity index (χ4n) is 9.14. The number of nitrogens with zero attached hydrogens (tertiary/aromatic N) is 5. The van der Waals surface area contributed by atoms with E-state index >= 15 is 0 Å². The smallest absolute Gasteiger partial charge is 0.355 e. The van der Waals surface area contributed by atoms with Gasteiger partial charge in [0.05, 0.1) is 40.6 Å². The number of anilines is 3. The van der Waals surface area contributed by atoms with Crippen LogP contribution in [0, 0.1) is 18.2 Å². The molecule has 4 atom stereocenters. The number of nitrogens with one attached hydrogen (secondary N) is 5. The lowest BCUT2D eigenvalue weighted by atomic mass is 9.85. The van der Waals surface area contributed by atoms with Gasteiger partial charge in [-0.1, -0.05) is 63.2 Å². The van der Waals surface area contributed by atoms with Crippen molar-refractivity contribution in [1.82, 2.24) is 40.6 Å². The Morgan fingerprint density at radius 3 is 2.31 bits per heavy atom.